The van der Waals surface area contributed by atoms with Gasteiger partial charge in [-0.3, -0.25) is 0 Å². The van der Waals surface area contributed by atoms with Crippen LogP contribution in [0.15, 0.2) is 35.4 Å². The van der Waals surface area contributed by atoms with E-state index in [0.717, 1.165) is 44.8 Å². The molecule has 0 amide bonds. The summed E-state index contributed by atoms with van der Waals surface area (Å²) in [6, 6.07) is 3.59. The molecule has 25 heavy (non-hydrogen) atoms. The second-order valence-electron chi connectivity index (χ2n) is 7.43. The molecule has 0 bridgehead atoms. The summed E-state index contributed by atoms with van der Waals surface area (Å²) in [4.78, 5) is 9.24. The van der Waals surface area contributed by atoms with Gasteiger partial charge in [-0.2, -0.15) is 4.31 Å². The number of rotatable bonds is 3. The van der Waals surface area contributed by atoms with E-state index in [1.54, 1.807) is 10.4 Å². The van der Waals surface area contributed by atoms with Gasteiger partial charge in [-0.15, -0.1) is 0 Å². The average molecular weight is 362 g/mol. The Hall–Kier alpha value is -1.44. The predicted molar refractivity (Wildman–Crippen MR) is 98.1 cm³/mol. The fourth-order valence-corrected chi connectivity index (χ4v) is 5.46. The Labute approximate surface area is 150 Å². The maximum absolute atomic E-state index is 12.8. The topological polar surface area (TPSA) is 56.8 Å². The highest BCUT2D eigenvalue weighted by molar-refractivity contribution is 7.89. The summed E-state index contributed by atoms with van der Waals surface area (Å²) in [7, 11) is -1.41. The molecule has 2 aliphatic heterocycles. The molecule has 4 rings (SSSR count). The first-order valence-corrected chi connectivity index (χ1v) is 10.5. The van der Waals surface area contributed by atoms with Crippen molar-refractivity contribution < 1.29 is 8.42 Å². The van der Waals surface area contributed by atoms with Crippen molar-refractivity contribution in [3.05, 3.63) is 30.5 Å². The molecule has 6 nitrogen and oxygen atoms in total. The van der Waals surface area contributed by atoms with Gasteiger partial charge < -0.3 is 9.80 Å². The minimum atomic E-state index is -3.43. The van der Waals surface area contributed by atoms with E-state index in [2.05, 4.69) is 26.9 Å². The summed E-state index contributed by atoms with van der Waals surface area (Å²) >= 11 is 0. The van der Waals surface area contributed by atoms with E-state index in [4.69, 9.17) is 0 Å². The zero-order valence-electron chi connectivity index (χ0n) is 14.7. The highest BCUT2D eigenvalue weighted by Gasteiger charge is 2.33. The predicted octanol–water partition coefficient (Wildman–Crippen LogP) is 1.42. The number of piperazine rings is 1. The van der Waals surface area contributed by atoms with E-state index < -0.39 is 10.0 Å². The highest BCUT2D eigenvalue weighted by atomic mass is 32.2. The van der Waals surface area contributed by atoms with Crippen LogP contribution in [-0.4, -0.2) is 68.9 Å². The van der Waals surface area contributed by atoms with Crippen LogP contribution in [0.2, 0.25) is 0 Å². The summed E-state index contributed by atoms with van der Waals surface area (Å²) in [6.45, 7) is 4.68. The molecule has 0 radical (unpaired) electrons. The number of sulfonamides is 1. The Morgan fingerprint density at radius 2 is 1.64 bits per heavy atom. The van der Waals surface area contributed by atoms with E-state index in [9.17, 15) is 8.42 Å². The van der Waals surface area contributed by atoms with E-state index in [1.165, 1.54) is 6.20 Å². The molecule has 2 atom stereocenters. The number of hydrogen-bond acceptors (Lipinski definition) is 5. The van der Waals surface area contributed by atoms with Gasteiger partial charge in [0.15, 0.2) is 0 Å². The number of nitrogens with zero attached hydrogens (tertiary/aromatic N) is 4. The molecule has 7 heteroatoms. The van der Waals surface area contributed by atoms with E-state index >= 15 is 0 Å². The standard InChI is InChI=1S/C18H26N4O2S/c1-20-8-10-22(11-9-20)25(23,24)17-6-7-18(19-12-17)21-13-15-4-2-3-5-16(15)14-21/h2-3,6-7,12,15-16H,4-5,8-11,13-14H2,1H3. The summed E-state index contributed by atoms with van der Waals surface area (Å²) in [5.41, 5.74) is 0. The largest absolute Gasteiger partial charge is 0.356 e. The first kappa shape index (κ1) is 17.0. The lowest BCUT2D eigenvalue weighted by Gasteiger charge is -2.31. The molecular weight excluding hydrogens is 336 g/mol. The summed E-state index contributed by atoms with van der Waals surface area (Å²) in [5, 5.41) is 0. The lowest BCUT2D eigenvalue weighted by atomic mass is 9.86. The molecule has 136 valence electrons. The first-order chi connectivity index (χ1) is 12.0. The van der Waals surface area contributed by atoms with Gasteiger partial charge in [0.25, 0.3) is 0 Å². The molecule has 3 heterocycles. The minimum Gasteiger partial charge on any atom is -0.356 e. The molecule has 2 fully saturated rings. The van der Waals surface area contributed by atoms with Crippen molar-refractivity contribution in [2.75, 3.05) is 51.2 Å². The van der Waals surface area contributed by atoms with Gasteiger partial charge in [-0.1, -0.05) is 12.2 Å². The van der Waals surface area contributed by atoms with Crippen molar-refractivity contribution >= 4 is 15.8 Å². The zero-order chi connectivity index (χ0) is 17.4. The Kier molecular flexibility index (Phi) is 4.56. The molecule has 1 aromatic rings. The van der Waals surface area contributed by atoms with Crippen LogP contribution in [0, 0.1) is 11.8 Å². The van der Waals surface area contributed by atoms with Gasteiger partial charge in [0.1, 0.15) is 10.7 Å². The SMILES string of the molecule is CN1CCN(S(=O)(=O)c2ccc(N3CC4CC=CCC4C3)nc2)CC1. The van der Waals surface area contributed by atoms with Gasteiger partial charge in [0.2, 0.25) is 10.0 Å². The van der Waals surface area contributed by atoms with Crippen LogP contribution in [0.25, 0.3) is 0 Å². The Balaban J connectivity index is 1.47. The van der Waals surface area contributed by atoms with Crippen LogP contribution in [0.4, 0.5) is 5.82 Å². The van der Waals surface area contributed by atoms with E-state index in [1.807, 2.05) is 13.1 Å². The molecule has 3 aliphatic rings. The monoisotopic (exact) mass is 362 g/mol. The van der Waals surface area contributed by atoms with Crippen LogP contribution >= 0.6 is 0 Å². The fraction of sp³-hybridized carbons (Fsp3) is 0.611. The van der Waals surface area contributed by atoms with Gasteiger partial charge in [0, 0.05) is 45.5 Å². The first-order valence-electron chi connectivity index (χ1n) is 9.09. The minimum absolute atomic E-state index is 0.305. The molecular formula is C18H26N4O2S. The summed E-state index contributed by atoms with van der Waals surface area (Å²) in [6.07, 6.45) is 8.39. The van der Waals surface area contributed by atoms with Crippen molar-refractivity contribution in [3.63, 3.8) is 0 Å². The van der Waals surface area contributed by atoms with E-state index in [-0.39, 0.29) is 0 Å². The Bertz CT molecular complexity index is 723. The lowest BCUT2D eigenvalue weighted by molar-refractivity contribution is 0.222. The van der Waals surface area contributed by atoms with Crippen LogP contribution in [-0.2, 0) is 10.0 Å². The molecule has 1 aliphatic carbocycles. The van der Waals surface area contributed by atoms with Gasteiger partial charge in [-0.25, -0.2) is 13.4 Å². The number of pyridine rings is 1. The molecule has 2 saturated heterocycles. The second-order valence-corrected chi connectivity index (χ2v) is 9.37. The normalized spacial score (nSPS) is 28.3. The van der Waals surface area contributed by atoms with Gasteiger partial charge >= 0.3 is 0 Å². The van der Waals surface area contributed by atoms with Crippen molar-refractivity contribution in [3.8, 4) is 0 Å². The number of fused-ring (bicyclic) bond motifs is 1. The maximum Gasteiger partial charge on any atom is 0.244 e. The van der Waals surface area contributed by atoms with Gasteiger partial charge in [0.05, 0.1) is 0 Å². The summed E-state index contributed by atoms with van der Waals surface area (Å²) in [5.74, 6) is 2.31. The van der Waals surface area contributed by atoms with Crippen molar-refractivity contribution in [1.82, 2.24) is 14.2 Å². The third-order valence-electron chi connectivity index (χ3n) is 5.77. The molecule has 0 saturated carbocycles. The fourth-order valence-electron chi connectivity index (χ4n) is 4.09. The lowest BCUT2D eigenvalue weighted by Crippen LogP contribution is -2.47. The Morgan fingerprint density at radius 1 is 1.00 bits per heavy atom. The molecule has 0 N–H and O–H groups in total. The van der Waals surface area contributed by atoms with Crippen molar-refractivity contribution in [2.45, 2.75) is 17.7 Å². The van der Waals surface area contributed by atoms with Crippen LogP contribution in [0.5, 0.6) is 0 Å². The van der Waals surface area contributed by atoms with Crippen LogP contribution in [0.3, 0.4) is 0 Å². The Morgan fingerprint density at radius 3 is 2.20 bits per heavy atom. The quantitative estimate of drug-likeness (QED) is 0.761. The maximum atomic E-state index is 12.8. The second kappa shape index (κ2) is 6.70. The summed E-state index contributed by atoms with van der Waals surface area (Å²) < 4.78 is 27.1. The van der Waals surface area contributed by atoms with Crippen LogP contribution in [0.1, 0.15) is 12.8 Å². The number of aromatic nitrogens is 1. The third kappa shape index (κ3) is 3.32. The average Bonchev–Trinajstić information content (AvgIpc) is 3.06. The van der Waals surface area contributed by atoms with Crippen molar-refractivity contribution in [2.24, 2.45) is 11.8 Å². The van der Waals surface area contributed by atoms with Crippen LogP contribution < -0.4 is 4.90 Å². The van der Waals surface area contributed by atoms with Gasteiger partial charge in [-0.05, 0) is 43.9 Å². The smallest absolute Gasteiger partial charge is 0.244 e. The number of likely N-dealkylation sites (N-methyl/N-ethyl adjacent to an activating group) is 1. The number of hydrogen-bond donors (Lipinski definition) is 0. The highest BCUT2D eigenvalue weighted by Crippen LogP contribution is 2.34. The third-order valence-corrected chi connectivity index (χ3v) is 7.65. The van der Waals surface area contributed by atoms with Crippen molar-refractivity contribution in [1.29, 1.82) is 0 Å². The number of anilines is 1. The molecule has 2 unspecified atom stereocenters. The molecule has 0 aromatic carbocycles. The molecule has 1 aromatic heterocycles. The number of allylic oxidation sites excluding steroid dienone is 2. The molecule has 0 spiro atoms. The zero-order valence-corrected chi connectivity index (χ0v) is 15.5. The van der Waals surface area contributed by atoms with E-state index in [0.29, 0.717) is 29.8 Å².